The van der Waals surface area contributed by atoms with Crippen molar-refractivity contribution in [1.29, 1.82) is 0 Å². The fourth-order valence-corrected chi connectivity index (χ4v) is 2.37. The van der Waals surface area contributed by atoms with Crippen molar-refractivity contribution in [3.05, 3.63) is 51.5 Å². The lowest BCUT2D eigenvalue weighted by Crippen LogP contribution is -2.01. The third-order valence-electron chi connectivity index (χ3n) is 2.86. The summed E-state index contributed by atoms with van der Waals surface area (Å²) >= 11 is 9.57. The van der Waals surface area contributed by atoms with Gasteiger partial charge in [-0.2, -0.15) is 0 Å². The third-order valence-corrected chi connectivity index (χ3v) is 3.68. The van der Waals surface area contributed by atoms with Crippen LogP contribution in [0.3, 0.4) is 0 Å². The number of rotatable bonds is 5. The molecule has 0 saturated heterocycles. The molecule has 0 aliphatic heterocycles. The van der Waals surface area contributed by atoms with Crippen LogP contribution in [-0.2, 0) is 6.54 Å². The normalized spacial score (nSPS) is 10.2. The minimum Gasteiger partial charge on any atom is -0.493 e. The van der Waals surface area contributed by atoms with Gasteiger partial charge in [0.05, 0.1) is 24.9 Å². The summed E-state index contributed by atoms with van der Waals surface area (Å²) in [5, 5.41) is 3.99. The fraction of sp³-hybridized carbons (Fsp3) is 0.200. The second-order valence-electron chi connectivity index (χ2n) is 4.17. The molecule has 3 nitrogen and oxygen atoms in total. The Bertz CT molecular complexity index is 604. The highest BCUT2D eigenvalue weighted by Gasteiger charge is 2.05. The van der Waals surface area contributed by atoms with E-state index < -0.39 is 0 Å². The van der Waals surface area contributed by atoms with Crippen molar-refractivity contribution in [1.82, 2.24) is 0 Å². The molecule has 2 aromatic rings. The van der Waals surface area contributed by atoms with Crippen molar-refractivity contribution in [3.8, 4) is 11.5 Å². The molecule has 0 radical (unpaired) electrons. The molecule has 0 heterocycles. The summed E-state index contributed by atoms with van der Waals surface area (Å²) in [5.74, 6) is 1.43. The molecular formula is C15H15BrClNO2. The second kappa shape index (κ2) is 6.86. The molecule has 0 aromatic heterocycles. The Labute approximate surface area is 132 Å². The molecule has 0 saturated carbocycles. The lowest BCUT2D eigenvalue weighted by molar-refractivity contribution is 0.354. The van der Waals surface area contributed by atoms with Crippen LogP contribution in [0, 0.1) is 0 Å². The first-order valence-electron chi connectivity index (χ1n) is 6.04. The van der Waals surface area contributed by atoms with Gasteiger partial charge in [-0.05, 0) is 35.9 Å². The van der Waals surface area contributed by atoms with Gasteiger partial charge in [0, 0.05) is 11.0 Å². The van der Waals surface area contributed by atoms with E-state index in [0.717, 1.165) is 21.5 Å². The molecule has 0 fully saturated rings. The van der Waals surface area contributed by atoms with E-state index in [-0.39, 0.29) is 0 Å². The van der Waals surface area contributed by atoms with Crippen molar-refractivity contribution in [2.24, 2.45) is 0 Å². The third kappa shape index (κ3) is 3.58. The quantitative estimate of drug-likeness (QED) is 0.840. The molecule has 5 heteroatoms. The predicted octanol–water partition coefficient (Wildman–Crippen LogP) is 4.73. The molecule has 106 valence electrons. The summed E-state index contributed by atoms with van der Waals surface area (Å²) in [5.41, 5.74) is 1.97. The first kappa shape index (κ1) is 15.0. The van der Waals surface area contributed by atoms with Crippen LogP contribution in [0.2, 0.25) is 5.02 Å². The zero-order valence-electron chi connectivity index (χ0n) is 11.2. The Morgan fingerprint density at radius 3 is 2.50 bits per heavy atom. The van der Waals surface area contributed by atoms with Crippen molar-refractivity contribution < 1.29 is 9.47 Å². The van der Waals surface area contributed by atoms with E-state index in [9.17, 15) is 0 Å². The van der Waals surface area contributed by atoms with E-state index in [1.54, 1.807) is 14.2 Å². The number of hydrogen-bond acceptors (Lipinski definition) is 3. The zero-order valence-corrected chi connectivity index (χ0v) is 13.6. The van der Waals surface area contributed by atoms with E-state index in [4.69, 9.17) is 21.1 Å². The minimum atomic E-state index is 0.649. The Kier molecular flexibility index (Phi) is 5.15. The fourth-order valence-electron chi connectivity index (χ4n) is 1.82. The molecular weight excluding hydrogens is 342 g/mol. The van der Waals surface area contributed by atoms with E-state index in [1.165, 1.54) is 0 Å². The van der Waals surface area contributed by atoms with E-state index in [0.29, 0.717) is 17.3 Å². The summed E-state index contributed by atoms with van der Waals surface area (Å²) in [7, 11) is 3.25. The van der Waals surface area contributed by atoms with Crippen LogP contribution in [0.15, 0.2) is 40.9 Å². The van der Waals surface area contributed by atoms with Crippen molar-refractivity contribution in [3.63, 3.8) is 0 Å². The second-order valence-corrected chi connectivity index (χ2v) is 5.49. The molecule has 0 amide bonds. The van der Waals surface area contributed by atoms with Crippen LogP contribution in [0.25, 0.3) is 0 Å². The Morgan fingerprint density at radius 1 is 1.05 bits per heavy atom. The topological polar surface area (TPSA) is 30.5 Å². The lowest BCUT2D eigenvalue weighted by atomic mass is 10.2. The number of ether oxygens (including phenoxy) is 2. The van der Waals surface area contributed by atoms with Gasteiger partial charge in [0.2, 0.25) is 0 Å². The predicted molar refractivity (Wildman–Crippen MR) is 86.0 cm³/mol. The maximum atomic E-state index is 6.14. The number of hydrogen-bond donors (Lipinski definition) is 1. The Hall–Kier alpha value is -1.39. The molecule has 1 N–H and O–H groups in total. The SMILES string of the molecule is COc1ccc(CNc2cc(Br)ccc2Cl)cc1OC. The van der Waals surface area contributed by atoms with E-state index in [1.807, 2.05) is 36.4 Å². The van der Waals surface area contributed by atoms with Gasteiger partial charge in [-0.3, -0.25) is 0 Å². The highest BCUT2D eigenvalue weighted by Crippen LogP contribution is 2.29. The molecule has 20 heavy (non-hydrogen) atoms. The monoisotopic (exact) mass is 355 g/mol. The van der Waals surface area contributed by atoms with Crippen molar-refractivity contribution >= 4 is 33.2 Å². The largest absolute Gasteiger partial charge is 0.493 e. The zero-order chi connectivity index (χ0) is 14.5. The minimum absolute atomic E-state index is 0.649. The summed E-state index contributed by atoms with van der Waals surface area (Å²) < 4.78 is 11.5. The molecule has 0 unspecified atom stereocenters. The van der Waals surface area contributed by atoms with Crippen LogP contribution < -0.4 is 14.8 Å². The summed E-state index contributed by atoms with van der Waals surface area (Å²) in [6.07, 6.45) is 0. The number of methoxy groups -OCH3 is 2. The molecule has 2 aromatic carbocycles. The number of nitrogens with one attached hydrogen (secondary N) is 1. The number of anilines is 1. The van der Waals surface area contributed by atoms with Gasteiger partial charge in [0.1, 0.15) is 0 Å². The average molecular weight is 357 g/mol. The van der Waals surface area contributed by atoms with Gasteiger partial charge in [0.25, 0.3) is 0 Å². The average Bonchev–Trinajstić information content (AvgIpc) is 2.47. The first-order chi connectivity index (χ1) is 9.63. The molecule has 0 spiro atoms. The van der Waals surface area contributed by atoms with Crippen LogP contribution in [0.1, 0.15) is 5.56 Å². The van der Waals surface area contributed by atoms with Gasteiger partial charge in [0.15, 0.2) is 11.5 Å². The van der Waals surface area contributed by atoms with Crippen molar-refractivity contribution in [2.75, 3.05) is 19.5 Å². The maximum Gasteiger partial charge on any atom is 0.161 e. The van der Waals surface area contributed by atoms with Crippen LogP contribution in [0.5, 0.6) is 11.5 Å². The number of benzene rings is 2. The van der Waals surface area contributed by atoms with Gasteiger partial charge < -0.3 is 14.8 Å². The summed E-state index contributed by atoms with van der Waals surface area (Å²) in [6.45, 7) is 0.649. The Balaban J connectivity index is 2.12. The van der Waals surface area contributed by atoms with Gasteiger partial charge in [-0.15, -0.1) is 0 Å². The maximum absolute atomic E-state index is 6.14. The van der Waals surface area contributed by atoms with Crippen LogP contribution in [-0.4, -0.2) is 14.2 Å². The standard InChI is InChI=1S/C15H15BrClNO2/c1-19-14-6-3-10(7-15(14)20-2)9-18-13-8-11(16)4-5-12(13)17/h3-8,18H,9H2,1-2H3. The highest BCUT2D eigenvalue weighted by molar-refractivity contribution is 9.10. The van der Waals surface area contributed by atoms with E-state index >= 15 is 0 Å². The first-order valence-corrected chi connectivity index (χ1v) is 7.21. The molecule has 0 aliphatic carbocycles. The molecule has 0 bridgehead atoms. The van der Waals surface area contributed by atoms with Crippen molar-refractivity contribution in [2.45, 2.75) is 6.54 Å². The molecule has 2 rings (SSSR count). The van der Waals surface area contributed by atoms with Crippen LogP contribution >= 0.6 is 27.5 Å². The smallest absolute Gasteiger partial charge is 0.161 e. The Morgan fingerprint density at radius 2 is 1.80 bits per heavy atom. The molecule has 0 atom stereocenters. The summed E-state index contributed by atoms with van der Waals surface area (Å²) in [4.78, 5) is 0. The van der Waals surface area contributed by atoms with Crippen LogP contribution in [0.4, 0.5) is 5.69 Å². The highest BCUT2D eigenvalue weighted by atomic mass is 79.9. The van der Waals surface area contributed by atoms with Gasteiger partial charge in [-0.25, -0.2) is 0 Å². The number of halogens is 2. The summed E-state index contributed by atoms with van der Waals surface area (Å²) in [6, 6.07) is 11.5. The lowest BCUT2D eigenvalue weighted by Gasteiger charge is -2.12. The van der Waals surface area contributed by atoms with Gasteiger partial charge >= 0.3 is 0 Å². The van der Waals surface area contributed by atoms with E-state index in [2.05, 4.69) is 21.2 Å². The molecule has 0 aliphatic rings. The van der Waals surface area contributed by atoms with Gasteiger partial charge in [-0.1, -0.05) is 33.6 Å².